The monoisotopic (exact) mass is 379 g/mol. The second-order valence-corrected chi connectivity index (χ2v) is 6.24. The predicted molar refractivity (Wildman–Crippen MR) is 92.7 cm³/mol. The highest BCUT2D eigenvalue weighted by atomic mass is 16.5. The molecule has 1 heterocycles. The number of esters is 1. The number of carbonyl (C=O) groups is 4. The first-order valence-corrected chi connectivity index (χ1v) is 8.39. The summed E-state index contributed by atoms with van der Waals surface area (Å²) in [6.45, 7) is 1.61. The number of hydrogen-bond donors (Lipinski definition) is 3. The number of phenols is 1. The van der Waals surface area contributed by atoms with Gasteiger partial charge in [0, 0.05) is 12.1 Å². The summed E-state index contributed by atoms with van der Waals surface area (Å²) >= 11 is 0. The number of Topliss-reactive ketones (excluding diaryl/α,β-unsaturated/α-hetero) is 2. The fourth-order valence-corrected chi connectivity index (χ4v) is 2.68. The molecule has 27 heavy (non-hydrogen) atoms. The number of fused-ring (bicyclic) bond motifs is 1. The molecule has 9 nitrogen and oxygen atoms in total. The number of carbonyl (C=O) groups excluding carboxylic acids is 4. The van der Waals surface area contributed by atoms with Crippen molar-refractivity contribution in [2.75, 3.05) is 12.4 Å². The molecular formula is C18H21NO8. The van der Waals surface area contributed by atoms with Crippen LogP contribution in [0.15, 0.2) is 12.1 Å². The molecule has 0 saturated carbocycles. The van der Waals surface area contributed by atoms with Crippen molar-refractivity contribution in [2.45, 2.75) is 44.8 Å². The lowest BCUT2D eigenvalue weighted by molar-refractivity contribution is -0.143. The van der Waals surface area contributed by atoms with Crippen molar-refractivity contribution in [1.82, 2.24) is 0 Å². The molecule has 0 saturated heterocycles. The molecule has 1 aromatic carbocycles. The zero-order valence-corrected chi connectivity index (χ0v) is 15.0. The number of amides is 1. The summed E-state index contributed by atoms with van der Waals surface area (Å²) in [4.78, 5) is 48.3. The van der Waals surface area contributed by atoms with Crippen LogP contribution in [-0.4, -0.2) is 53.0 Å². The van der Waals surface area contributed by atoms with Crippen LogP contribution >= 0.6 is 0 Å². The lowest BCUT2D eigenvalue weighted by atomic mass is 10.0. The maximum atomic E-state index is 12.4. The van der Waals surface area contributed by atoms with E-state index in [-0.39, 0.29) is 23.4 Å². The zero-order chi connectivity index (χ0) is 20.1. The smallest absolute Gasteiger partial charge is 0.344 e. The van der Waals surface area contributed by atoms with Crippen molar-refractivity contribution in [3.8, 4) is 11.5 Å². The molecule has 0 bridgehead atoms. The molecule has 0 radical (unpaired) electrons. The van der Waals surface area contributed by atoms with E-state index in [1.165, 1.54) is 19.2 Å². The van der Waals surface area contributed by atoms with Crippen LogP contribution < -0.4 is 10.1 Å². The van der Waals surface area contributed by atoms with Gasteiger partial charge in [-0.05, 0) is 26.2 Å². The quantitative estimate of drug-likeness (QED) is 0.372. The Morgan fingerprint density at radius 2 is 1.89 bits per heavy atom. The molecule has 1 aromatic rings. The molecular weight excluding hydrogens is 358 g/mol. The number of ether oxygens (including phenoxy) is 2. The highest BCUT2D eigenvalue weighted by Gasteiger charge is 2.28. The minimum atomic E-state index is -1.51. The second-order valence-electron chi connectivity index (χ2n) is 6.24. The summed E-state index contributed by atoms with van der Waals surface area (Å²) in [5, 5.41) is 22.3. The fourth-order valence-electron chi connectivity index (χ4n) is 2.68. The minimum absolute atomic E-state index is 0.00706. The fraction of sp³-hybridized carbons (Fsp3) is 0.444. The molecule has 1 aliphatic heterocycles. The number of phenolic OH excluding ortho intramolecular Hbond substituents is 1. The van der Waals surface area contributed by atoms with E-state index in [2.05, 4.69) is 5.32 Å². The van der Waals surface area contributed by atoms with Gasteiger partial charge in [-0.2, -0.15) is 0 Å². The van der Waals surface area contributed by atoms with Crippen LogP contribution in [0, 0.1) is 0 Å². The number of ketones is 2. The summed E-state index contributed by atoms with van der Waals surface area (Å²) in [6, 6.07) is 2.47. The van der Waals surface area contributed by atoms with E-state index in [1.807, 2.05) is 0 Å². The number of aromatic hydroxyl groups is 1. The molecule has 3 N–H and O–H groups in total. The van der Waals surface area contributed by atoms with E-state index < -0.39 is 47.8 Å². The average Bonchev–Trinajstić information content (AvgIpc) is 2.59. The molecule has 2 rings (SSSR count). The van der Waals surface area contributed by atoms with Crippen molar-refractivity contribution in [3.05, 3.63) is 17.7 Å². The highest BCUT2D eigenvalue weighted by molar-refractivity contribution is 6.42. The number of benzene rings is 1. The summed E-state index contributed by atoms with van der Waals surface area (Å²) in [7, 11) is 1.33. The van der Waals surface area contributed by atoms with Crippen LogP contribution in [0.4, 0.5) is 5.69 Å². The topological polar surface area (TPSA) is 139 Å². The first-order valence-electron chi connectivity index (χ1n) is 8.39. The molecule has 146 valence electrons. The van der Waals surface area contributed by atoms with Gasteiger partial charge in [-0.25, -0.2) is 4.79 Å². The SMILES string of the molecule is COc1cc(O)c2c(c1)NC(=O)CC(=O)C(=O)C(O)CCCC(C)OC2=O. The number of rotatable bonds is 1. The van der Waals surface area contributed by atoms with Crippen molar-refractivity contribution in [3.63, 3.8) is 0 Å². The molecule has 0 aliphatic carbocycles. The first-order chi connectivity index (χ1) is 12.7. The van der Waals surface area contributed by atoms with Crippen LogP contribution in [0.3, 0.4) is 0 Å². The molecule has 0 aromatic heterocycles. The Hall–Kier alpha value is -2.94. The van der Waals surface area contributed by atoms with Crippen molar-refractivity contribution >= 4 is 29.1 Å². The summed E-state index contributed by atoms with van der Waals surface area (Å²) < 4.78 is 10.3. The van der Waals surface area contributed by atoms with Crippen LogP contribution in [0.5, 0.6) is 11.5 Å². The van der Waals surface area contributed by atoms with Gasteiger partial charge in [-0.1, -0.05) is 0 Å². The number of methoxy groups -OCH3 is 1. The third-order valence-electron chi connectivity index (χ3n) is 4.10. The minimum Gasteiger partial charge on any atom is -0.507 e. The number of hydrogen-bond acceptors (Lipinski definition) is 8. The van der Waals surface area contributed by atoms with E-state index in [0.717, 1.165) is 0 Å². The summed E-state index contributed by atoms with van der Waals surface area (Å²) in [6.07, 6.45) is -2.23. The Bertz CT molecular complexity index is 773. The predicted octanol–water partition coefficient (Wildman–Crippen LogP) is 0.958. The second kappa shape index (κ2) is 8.63. The molecule has 1 amide bonds. The Morgan fingerprint density at radius 3 is 2.56 bits per heavy atom. The molecule has 2 unspecified atom stereocenters. The van der Waals surface area contributed by atoms with E-state index in [4.69, 9.17) is 9.47 Å². The van der Waals surface area contributed by atoms with Crippen LogP contribution in [0.25, 0.3) is 0 Å². The van der Waals surface area contributed by atoms with Gasteiger partial charge in [0.2, 0.25) is 17.5 Å². The van der Waals surface area contributed by atoms with Gasteiger partial charge in [0.05, 0.1) is 25.3 Å². The normalized spacial score (nSPS) is 22.3. The summed E-state index contributed by atoms with van der Waals surface area (Å²) in [5.74, 6) is -4.13. The first kappa shape index (κ1) is 20.4. The van der Waals surface area contributed by atoms with Crippen molar-refractivity contribution < 1.29 is 38.9 Å². The Morgan fingerprint density at radius 1 is 1.19 bits per heavy atom. The lowest BCUT2D eigenvalue weighted by Crippen LogP contribution is -2.32. The van der Waals surface area contributed by atoms with Crippen LogP contribution in [-0.2, 0) is 19.1 Å². The van der Waals surface area contributed by atoms with E-state index in [0.29, 0.717) is 12.8 Å². The molecule has 9 heteroatoms. The van der Waals surface area contributed by atoms with Gasteiger partial charge in [-0.3, -0.25) is 14.4 Å². The van der Waals surface area contributed by atoms with Gasteiger partial charge in [0.25, 0.3) is 0 Å². The number of cyclic esters (lactones) is 1. The van der Waals surface area contributed by atoms with Gasteiger partial charge >= 0.3 is 5.97 Å². The number of nitrogens with one attached hydrogen (secondary N) is 1. The largest absolute Gasteiger partial charge is 0.507 e. The third-order valence-corrected chi connectivity index (χ3v) is 4.10. The lowest BCUT2D eigenvalue weighted by Gasteiger charge is -2.18. The summed E-state index contributed by atoms with van der Waals surface area (Å²) in [5.41, 5.74) is -0.404. The Balaban J connectivity index is 2.42. The van der Waals surface area contributed by atoms with Crippen LogP contribution in [0.1, 0.15) is 43.0 Å². The van der Waals surface area contributed by atoms with Crippen LogP contribution in [0.2, 0.25) is 0 Å². The van der Waals surface area contributed by atoms with E-state index >= 15 is 0 Å². The molecule has 0 spiro atoms. The third kappa shape index (κ3) is 5.04. The number of aliphatic hydroxyl groups excluding tert-OH is 1. The van der Waals surface area contributed by atoms with Gasteiger partial charge < -0.3 is 25.0 Å². The van der Waals surface area contributed by atoms with E-state index in [9.17, 15) is 29.4 Å². The molecule has 0 fully saturated rings. The van der Waals surface area contributed by atoms with Crippen molar-refractivity contribution in [1.29, 1.82) is 0 Å². The number of aliphatic hydroxyl groups is 1. The maximum Gasteiger partial charge on any atom is 0.344 e. The van der Waals surface area contributed by atoms with Gasteiger partial charge in [-0.15, -0.1) is 0 Å². The van der Waals surface area contributed by atoms with E-state index in [1.54, 1.807) is 6.92 Å². The van der Waals surface area contributed by atoms with Gasteiger partial charge in [0.1, 0.15) is 23.2 Å². The van der Waals surface area contributed by atoms with Gasteiger partial charge in [0.15, 0.2) is 0 Å². The molecule has 2 atom stereocenters. The Kier molecular flexibility index (Phi) is 6.51. The Labute approximate surface area is 155 Å². The highest BCUT2D eigenvalue weighted by Crippen LogP contribution is 2.33. The molecule has 1 aliphatic rings. The zero-order valence-electron chi connectivity index (χ0n) is 15.0. The average molecular weight is 379 g/mol. The van der Waals surface area contributed by atoms with Crippen molar-refractivity contribution in [2.24, 2.45) is 0 Å². The standard InChI is InChI=1S/C18H21NO8/c1-9-4-3-5-12(20)17(24)14(22)8-15(23)19-11-6-10(26-2)7-13(21)16(11)18(25)27-9/h6-7,9,12,20-21H,3-5,8H2,1-2H3,(H,19,23). The number of anilines is 1. The maximum absolute atomic E-state index is 12.4.